The van der Waals surface area contributed by atoms with Crippen molar-refractivity contribution in [2.75, 3.05) is 7.11 Å². The summed E-state index contributed by atoms with van der Waals surface area (Å²) in [5.74, 6) is 0.557. The quantitative estimate of drug-likeness (QED) is 0.586. The molecule has 1 aliphatic rings. The van der Waals surface area contributed by atoms with Crippen LogP contribution in [0.5, 0.6) is 0 Å². The number of methoxy groups -OCH3 is 1. The summed E-state index contributed by atoms with van der Waals surface area (Å²) in [6.07, 6.45) is 10.5. The molecule has 116 valence electrons. The average molecular weight is 297 g/mol. The Balaban J connectivity index is 1.93. The van der Waals surface area contributed by atoms with Crippen LogP contribution in [0.15, 0.2) is 36.4 Å². The largest absolute Gasteiger partial charge is 0.378 e. The number of nitrogens with zero attached hydrogens (tertiary/aromatic N) is 1. The number of rotatable bonds is 6. The molecule has 0 atom stereocenters. The van der Waals surface area contributed by atoms with E-state index in [1.165, 1.54) is 5.56 Å². The average Bonchev–Trinajstić information content (AvgIpc) is 2.59. The predicted octanol–water partition coefficient (Wildman–Crippen LogP) is 4.14. The highest BCUT2D eigenvalue weighted by Crippen LogP contribution is 2.42. The van der Waals surface area contributed by atoms with E-state index in [0.717, 1.165) is 44.8 Å². The minimum atomic E-state index is -0.0453. The van der Waals surface area contributed by atoms with E-state index in [0.29, 0.717) is 11.5 Å². The van der Waals surface area contributed by atoms with Gasteiger partial charge in [-0.25, -0.2) is 0 Å². The van der Waals surface area contributed by atoms with Crippen LogP contribution in [0.1, 0.15) is 55.6 Å². The summed E-state index contributed by atoms with van der Waals surface area (Å²) in [6.45, 7) is 0. The minimum Gasteiger partial charge on any atom is -0.378 e. The minimum absolute atomic E-state index is 0.0453. The van der Waals surface area contributed by atoms with E-state index in [9.17, 15) is 4.79 Å². The van der Waals surface area contributed by atoms with Crippen molar-refractivity contribution in [1.82, 2.24) is 0 Å². The number of carbonyl (C=O) groups is 1. The fraction of sp³-hybridized carbons (Fsp3) is 0.474. The Labute approximate surface area is 132 Å². The van der Waals surface area contributed by atoms with Gasteiger partial charge in [0.25, 0.3) is 0 Å². The molecule has 2 rings (SSSR count). The van der Waals surface area contributed by atoms with Crippen molar-refractivity contribution in [3.63, 3.8) is 0 Å². The van der Waals surface area contributed by atoms with E-state index in [1.54, 1.807) is 13.2 Å². The number of hydrogen-bond acceptors (Lipinski definition) is 3. The van der Waals surface area contributed by atoms with Crippen LogP contribution in [0, 0.1) is 11.3 Å². The first-order valence-electron chi connectivity index (χ1n) is 7.88. The maximum Gasteiger partial charge on any atom is 0.142 e. The standard InChI is InChI=1S/C19H23NO2/c1-22-19(11-3-2-4-14-21)12-9-18(10-13-19)17-7-5-16(15-20)6-8-17/h2,4-8,14,18H,3,9-13H2,1H3. The molecule has 0 aromatic heterocycles. The second kappa shape index (κ2) is 7.91. The maximum atomic E-state index is 10.3. The van der Waals surface area contributed by atoms with Gasteiger partial charge in [0.15, 0.2) is 0 Å². The Morgan fingerprint density at radius 2 is 2.00 bits per heavy atom. The highest BCUT2D eigenvalue weighted by molar-refractivity contribution is 5.64. The van der Waals surface area contributed by atoms with Gasteiger partial charge < -0.3 is 4.74 Å². The number of carbonyl (C=O) groups excluding carboxylic acids is 1. The molecule has 0 radical (unpaired) electrons. The number of allylic oxidation sites excluding steroid dienone is 2. The zero-order chi connectivity index (χ0) is 15.8. The van der Waals surface area contributed by atoms with Gasteiger partial charge >= 0.3 is 0 Å². The molecule has 0 saturated heterocycles. The fourth-order valence-corrected chi connectivity index (χ4v) is 3.36. The lowest BCUT2D eigenvalue weighted by Crippen LogP contribution is -2.35. The van der Waals surface area contributed by atoms with E-state index < -0.39 is 0 Å². The molecule has 0 heterocycles. The van der Waals surface area contributed by atoms with E-state index in [1.807, 2.05) is 18.2 Å². The van der Waals surface area contributed by atoms with E-state index in [4.69, 9.17) is 10.00 Å². The summed E-state index contributed by atoms with van der Waals surface area (Å²) in [7, 11) is 1.80. The Hall–Kier alpha value is -1.92. The van der Waals surface area contributed by atoms with Crippen molar-refractivity contribution in [3.8, 4) is 6.07 Å². The smallest absolute Gasteiger partial charge is 0.142 e. The summed E-state index contributed by atoms with van der Waals surface area (Å²) >= 11 is 0. The van der Waals surface area contributed by atoms with E-state index in [-0.39, 0.29) is 5.60 Å². The Morgan fingerprint density at radius 3 is 2.55 bits per heavy atom. The van der Waals surface area contributed by atoms with Gasteiger partial charge in [0.05, 0.1) is 17.2 Å². The van der Waals surface area contributed by atoms with Crippen LogP contribution in [0.4, 0.5) is 0 Å². The van der Waals surface area contributed by atoms with Crippen LogP contribution in [0.25, 0.3) is 0 Å². The third kappa shape index (κ3) is 4.05. The molecule has 22 heavy (non-hydrogen) atoms. The SMILES string of the molecule is COC1(CCC=CC=O)CCC(c2ccc(C#N)cc2)CC1. The fourth-order valence-electron chi connectivity index (χ4n) is 3.36. The number of benzene rings is 1. The van der Waals surface area contributed by atoms with Crippen LogP contribution in [0.2, 0.25) is 0 Å². The zero-order valence-corrected chi connectivity index (χ0v) is 13.1. The first-order valence-corrected chi connectivity index (χ1v) is 7.88. The molecule has 0 spiro atoms. The topological polar surface area (TPSA) is 50.1 Å². The number of ether oxygens (including phenoxy) is 1. The van der Waals surface area contributed by atoms with Crippen molar-refractivity contribution < 1.29 is 9.53 Å². The summed E-state index contributed by atoms with van der Waals surface area (Å²) < 4.78 is 5.81. The first-order chi connectivity index (χ1) is 10.7. The summed E-state index contributed by atoms with van der Waals surface area (Å²) in [4.78, 5) is 10.3. The van der Waals surface area contributed by atoms with Crippen LogP contribution in [0.3, 0.4) is 0 Å². The molecule has 1 saturated carbocycles. The molecule has 1 aromatic carbocycles. The number of nitriles is 1. The van der Waals surface area contributed by atoms with Gasteiger partial charge in [0.1, 0.15) is 6.29 Å². The molecule has 3 nitrogen and oxygen atoms in total. The lowest BCUT2D eigenvalue weighted by molar-refractivity contribution is -0.104. The van der Waals surface area contributed by atoms with Gasteiger partial charge in [-0.15, -0.1) is 0 Å². The second-order valence-corrected chi connectivity index (χ2v) is 6.00. The maximum absolute atomic E-state index is 10.3. The monoisotopic (exact) mass is 297 g/mol. The number of aldehydes is 1. The van der Waals surface area contributed by atoms with E-state index in [2.05, 4.69) is 18.2 Å². The lowest BCUT2D eigenvalue weighted by atomic mass is 9.74. The lowest BCUT2D eigenvalue weighted by Gasteiger charge is -2.39. The molecule has 0 bridgehead atoms. The molecule has 0 amide bonds. The highest BCUT2D eigenvalue weighted by Gasteiger charge is 2.34. The Kier molecular flexibility index (Phi) is 5.91. The van der Waals surface area contributed by atoms with Crippen LogP contribution in [-0.2, 0) is 9.53 Å². The zero-order valence-electron chi connectivity index (χ0n) is 13.1. The Morgan fingerprint density at radius 1 is 1.32 bits per heavy atom. The van der Waals surface area contributed by atoms with Gasteiger partial charge in [-0.2, -0.15) is 5.26 Å². The van der Waals surface area contributed by atoms with Gasteiger partial charge in [-0.05, 0) is 68.2 Å². The van der Waals surface area contributed by atoms with Crippen molar-refractivity contribution in [3.05, 3.63) is 47.5 Å². The first kappa shape index (κ1) is 16.5. The molecule has 0 aliphatic heterocycles. The van der Waals surface area contributed by atoms with Crippen molar-refractivity contribution in [2.24, 2.45) is 0 Å². The molecule has 1 aliphatic carbocycles. The molecular weight excluding hydrogens is 274 g/mol. The molecule has 1 aromatic rings. The van der Waals surface area contributed by atoms with Gasteiger partial charge in [0, 0.05) is 7.11 Å². The molecule has 3 heteroatoms. The second-order valence-electron chi connectivity index (χ2n) is 6.00. The summed E-state index contributed by atoms with van der Waals surface area (Å²) in [6, 6.07) is 10.1. The normalized spacial score (nSPS) is 25.0. The summed E-state index contributed by atoms with van der Waals surface area (Å²) in [5.41, 5.74) is 1.99. The number of hydrogen-bond donors (Lipinski definition) is 0. The third-order valence-electron chi connectivity index (χ3n) is 4.82. The highest BCUT2D eigenvalue weighted by atomic mass is 16.5. The molecular formula is C19H23NO2. The molecule has 1 fully saturated rings. The van der Waals surface area contributed by atoms with Gasteiger partial charge in [-0.1, -0.05) is 18.2 Å². The molecule has 0 unspecified atom stereocenters. The van der Waals surface area contributed by atoms with Crippen molar-refractivity contribution >= 4 is 6.29 Å². The van der Waals surface area contributed by atoms with Gasteiger partial charge in [-0.3, -0.25) is 4.79 Å². The predicted molar refractivity (Wildman–Crippen MR) is 86.5 cm³/mol. The summed E-state index contributed by atoms with van der Waals surface area (Å²) in [5, 5.41) is 8.87. The Bertz CT molecular complexity index is 546. The van der Waals surface area contributed by atoms with Crippen LogP contribution in [-0.4, -0.2) is 19.0 Å². The third-order valence-corrected chi connectivity index (χ3v) is 4.82. The van der Waals surface area contributed by atoms with Crippen molar-refractivity contribution in [1.29, 1.82) is 5.26 Å². The van der Waals surface area contributed by atoms with Crippen LogP contribution >= 0.6 is 0 Å². The van der Waals surface area contributed by atoms with Crippen molar-refractivity contribution in [2.45, 2.75) is 50.0 Å². The molecule has 0 N–H and O–H groups in total. The van der Waals surface area contributed by atoms with Gasteiger partial charge in [0.2, 0.25) is 0 Å². The van der Waals surface area contributed by atoms with E-state index >= 15 is 0 Å². The van der Waals surface area contributed by atoms with Crippen LogP contribution < -0.4 is 0 Å².